The molecule has 0 aromatic heterocycles. The van der Waals surface area contributed by atoms with Crippen molar-refractivity contribution in [2.45, 2.75) is 6.54 Å². The van der Waals surface area contributed by atoms with Crippen molar-refractivity contribution in [2.24, 2.45) is 5.73 Å². The number of benzene rings is 2. The van der Waals surface area contributed by atoms with Gasteiger partial charge in [-0.2, -0.15) is 0 Å². The van der Waals surface area contributed by atoms with Crippen LogP contribution in [0.4, 0.5) is 5.69 Å². The first-order valence-corrected chi connectivity index (χ1v) is 6.42. The smallest absolute Gasteiger partial charge is 0.315 e. The normalized spacial score (nSPS) is 10.2. The highest BCUT2D eigenvalue weighted by Gasteiger charge is 2.19. The lowest BCUT2D eigenvalue weighted by Crippen LogP contribution is -2.01. The van der Waals surface area contributed by atoms with Crippen molar-refractivity contribution in [3.05, 3.63) is 57.1 Å². The highest BCUT2D eigenvalue weighted by molar-refractivity contribution is 6.32. The molecular weight excluding hydrogens is 296 g/mol. The second-order valence-corrected chi connectivity index (χ2v) is 4.53. The van der Waals surface area contributed by atoms with Gasteiger partial charge in [-0.25, -0.2) is 0 Å². The first-order valence-electron chi connectivity index (χ1n) is 6.04. The van der Waals surface area contributed by atoms with Crippen LogP contribution in [0.15, 0.2) is 36.4 Å². The fraction of sp³-hybridized carbons (Fsp3) is 0.143. The van der Waals surface area contributed by atoms with Gasteiger partial charge in [0, 0.05) is 12.1 Å². The molecule has 0 bridgehead atoms. The van der Waals surface area contributed by atoms with E-state index in [1.807, 2.05) is 0 Å². The Morgan fingerprint density at radius 1 is 1.33 bits per heavy atom. The molecule has 6 nitrogen and oxygen atoms in total. The monoisotopic (exact) mass is 308 g/mol. The zero-order valence-electron chi connectivity index (χ0n) is 11.2. The molecule has 0 aliphatic carbocycles. The predicted molar refractivity (Wildman–Crippen MR) is 79.1 cm³/mol. The van der Waals surface area contributed by atoms with E-state index in [1.54, 1.807) is 24.3 Å². The first-order chi connectivity index (χ1) is 10.1. The summed E-state index contributed by atoms with van der Waals surface area (Å²) in [7, 11) is 1.43. The molecule has 0 heterocycles. The number of nitro groups is 1. The van der Waals surface area contributed by atoms with Crippen molar-refractivity contribution >= 4 is 17.3 Å². The van der Waals surface area contributed by atoms with E-state index in [4.69, 9.17) is 26.8 Å². The summed E-state index contributed by atoms with van der Waals surface area (Å²) in [4.78, 5) is 10.6. The number of nitro benzene ring substituents is 1. The molecule has 2 aromatic carbocycles. The van der Waals surface area contributed by atoms with Crippen LogP contribution < -0.4 is 15.2 Å². The lowest BCUT2D eigenvalue weighted by Gasteiger charge is -2.12. The van der Waals surface area contributed by atoms with Gasteiger partial charge < -0.3 is 15.2 Å². The Hall–Kier alpha value is -2.31. The number of ether oxygens (including phenoxy) is 2. The molecule has 2 rings (SSSR count). The van der Waals surface area contributed by atoms with Gasteiger partial charge in [0.1, 0.15) is 5.75 Å². The molecule has 0 radical (unpaired) electrons. The number of para-hydroxylation sites is 1. The molecule has 21 heavy (non-hydrogen) atoms. The maximum atomic E-state index is 11.1. The van der Waals surface area contributed by atoms with E-state index in [2.05, 4.69) is 0 Å². The molecule has 0 unspecified atom stereocenters. The molecule has 0 aliphatic rings. The second-order valence-electron chi connectivity index (χ2n) is 4.13. The Kier molecular flexibility index (Phi) is 4.62. The van der Waals surface area contributed by atoms with E-state index in [0.29, 0.717) is 22.1 Å². The highest BCUT2D eigenvalue weighted by atomic mass is 35.5. The van der Waals surface area contributed by atoms with Crippen molar-refractivity contribution in [1.82, 2.24) is 0 Å². The average Bonchev–Trinajstić information content (AvgIpc) is 2.49. The van der Waals surface area contributed by atoms with Crippen molar-refractivity contribution in [1.29, 1.82) is 0 Å². The summed E-state index contributed by atoms with van der Waals surface area (Å²) < 4.78 is 10.6. The summed E-state index contributed by atoms with van der Waals surface area (Å²) in [6.07, 6.45) is 0. The Morgan fingerprint density at radius 2 is 2.10 bits per heavy atom. The summed E-state index contributed by atoms with van der Waals surface area (Å²) in [6.45, 7) is 0.208. The number of nitrogens with zero attached hydrogens (tertiary/aromatic N) is 1. The molecule has 2 aromatic rings. The molecule has 0 atom stereocenters. The Bertz CT molecular complexity index is 676. The van der Waals surface area contributed by atoms with E-state index >= 15 is 0 Å². The van der Waals surface area contributed by atoms with Crippen LogP contribution in [0.2, 0.25) is 5.02 Å². The standard InChI is InChI=1S/C14H13ClN2O4/c1-20-10-5-6-13(12(7-10)17(18)19)21-14-9(8-16)3-2-4-11(14)15/h2-7H,8,16H2,1H3. The lowest BCUT2D eigenvalue weighted by molar-refractivity contribution is -0.385. The Morgan fingerprint density at radius 3 is 2.71 bits per heavy atom. The summed E-state index contributed by atoms with van der Waals surface area (Å²) in [5.74, 6) is 0.755. The van der Waals surface area contributed by atoms with Crippen LogP contribution in [0.1, 0.15) is 5.56 Å². The van der Waals surface area contributed by atoms with E-state index in [1.165, 1.54) is 19.2 Å². The highest BCUT2D eigenvalue weighted by Crippen LogP contribution is 2.38. The largest absolute Gasteiger partial charge is 0.496 e. The fourth-order valence-electron chi connectivity index (χ4n) is 1.79. The zero-order valence-corrected chi connectivity index (χ0v) is 12.0. The van der Waals surface area contributed by atoms with Crippen LogP contribution in [0, 0.1) is 10.1 Å². The third kappa shape index (κ3) is 3.24. The van der Waals surface area contributed by atoms with Crippen LogP contribution >= 0.6 is 11.6 Å². The number of methoxy groups -OCH3 is 1. The van der Waals surface area contributed by atoms with E-state index in [0.717, 1.165) is 0 Å². The molecule has 7 heteroatoms. The molecule has 0 aliphatic heterocycles. The van der Waals surface area contributed by atoms with Crippen molar-refractivity contribution in [2.75, 3.05) is 7.11 Å². The van der Waals surface area contributed by atoms with E-state index < -0.39 is 4.92 Å². The lowest BCUT2D eigenvalue weighted by atomic mass is 10.2. The minimum atomic E-state index is -0.545. The van der Waals surface area contributed by atoms with Crippen molar-refractivity contribution in [3.8, 4) is 17.2 Å². The number of hydrogen-bond donors (Lipinski definition) is 1. The predicted octanol–water partition coefficient (Wildman–Crippen LogP) is 3.51. The van der Waals surface area contributed by atoms with Gasteiger partial charge in [-0.05, 0) is 18.2 Å². The summed E-state index contributed by atoms with van der Waals surface area (Å²) >= 11 is 6.07. The summed E-state index contributed by atoms with van der Waals surface area (Å²) in [6, 6.07) is 9.43. The summed E-state index contributed by atoms with van der Waals surface area (Å²) in [5, 5.41) is 11.5. The third-order valence-electron chi connectivity index (χ3n) is 2.84. The number of rotatable bonds is 5. The van der Waals surface area contributed by atoms with Gasteiger partial charge in [0.2, 0.25) is 5.75 Å². The van der Waals surface area contributed by atoms with Gasteiger partial charge in [-0.1, -0.05) is 23.7 Å². The Labute approximate surface area is 126 Å². The van der Waals surface area contributed by atoms with Gasteiger partial charge in [-0.15, -0.1) is 0 Å². The molecule has 0 spiro atoms. The average molecular weight is 309 g/mol. The van der Waals surface area contributed by atoms with Gasteiger partial charge >= 0.3 is 5.69 Å². The fourth-order valence-corrected chi connectivity index (χ4v) is 2.02. The van der Waals surface area contributed by atoms with Gasteiger partial charge in [0.25, 0.3) is 0 Å². The van der Waals surface area contributed by atoms with Gasteiger partial charge in [-0.3, -0.25) is 10.1 Å². The second kappa shape index (κ2) is 6.43. The van der Waals surface area contributed by atoms with Crippen LogP contribution in [0.5, 0.6) is 17.2 Å². The molecule has 2 N–H and O–H groups in total. The minimum absolute atomic E-state index is 0.0728. The molecular formula is C14H13ClN2O4. The van der Waals surface area contributed by atoms with Crippen molar-refractivity contribution < 1.29 is 14.4 Å². The summed E-state index contributed by atoms with van der Waals surface area (Å²) in [5.41, 5.74) is 6.07. The maximum Gasteiger partial charge on any atom is 0.315 e. The van der Waals surface area contributed by atoms with Crippen LogP contribution in [0.25, 0.3) is 0 Å². The van der Waals surface area contributed by atoms with Crippen molar-refractivity contribution in [3.63, 3.8) is 0 Å². The number of halogens is 1. The van der Waals surface area contributed by atoms with E-state index in [-0.39, 0.29) is 18.0 Å². The number of nitrogens with two attached hydrogens (primary N) is 1. The topological polar surface area (TPSA) is 87.6 Å². The first kappa shape index (κ1) is 15.1. The quantitative estimate of drug-likeness (QED) is 0.674. The zero-order chi connectivity index (χ0) is 15.4. The molecule has 0 fully saturated rings. The van der Waals surface area contributed by atoms with Crippen LogP contribution in [-0.2, 0) is 6.54 Å². The van der Waals surface area contributed by atoms with Crippen LogP contribution in [-0.4, -0.2) is 12.0 Å². The third-order valence-corrected chi connectivity index (χ3v) is 3.14. The molecule has 0 saturated heterocycles. The van der Waals surface area contributed by atoms with Gasteiger partial charge in [0.15, 0.2) is 5.75 Å². The SMILES string of the molecule is COc1ccc(Oc2c(Cl)cccc2CN)c([N+](=O)[O-])c1. The van der Waals surface area contributed by atoms with Crippen LogP contribution in [0.3, 0.4) is 0 Å². The minimum Gasteiger partial charge on any atom is -0.496 e. The van der Waals surface area contributed by atoms with Gasteiger partial charge in [0.05, 0.1) is 23.1 Å². The Balaban J connectivity index is 2.47. The molecule has 0 saturated carbocycles. The maximum absolute atomic E-state index is 11.1. The molecule has 110 valence electrons. The molecule has 0 amide bonds. The van der Waals surface area contributed by atoms with E-state index in [9.17, 15) is 10.1 Å². The number of hydrogen-bond acceptors (Lipinski definition) is 5.